The average Bonchev–Trinajstić information content (AvgIpc) is 2.69. The van der Waals surface area contributed by atoms with E-state index in [1.807, 2.05) is 0 Å². The van der Waals surface area contributed by atoms with Gasteiger partial charge in [0.2, 0.25) is 11.7 Å². The van der Waals surface area contributed by atoms with E-state index in [0.29, 0.717) is 16.2 Å². The molecule has 29 heavy (non-hydrogen) atoms. The van der Waals surface area contributed by atoms with Crippen LogP contribution in [0.5, 0.6) is 5.75 Å². The molecule has 0 saturated heterocycles. The number of carbonyl (C=O) groups is 1. The molecule has 9 heteroatoms. The molecule has 0 fully saturated rings. The molecule has 1 N–H and O–H groups in total. The lowest BCUT2D eigenvalue weighted by Crippen LogP contribution is -2.27. The Bertz CT molecular complexity index is 1050. The Morgan fingerprint density at radius 1 is 1.21 bits per heavy atom. The highest BCUT2D eigenvalue weighted by atomic mass is 16.6. The maximum atomic E-state index is 12.2. The molecule has 1 atom stereocenters. The standard InChI is InChI=1S/C20H19N3O6/c1-3-28-20(24)13(2)29-15-10-8-14(9-11-15)21-17-12-22(25)18-7-5-4-6-16(18)19(17)23(26)27/h4-13,21H,3H2,1-2H3. The molecule has 0 radical (unpaired) electrons. The van der Waals surface area contributed by atoms with E-state index < -0.39 is 17.0 Å². The molecular weight excluding hydrogens is 378 g/mol. The van der Waals surface area contributed by atoms with Gasteiger partial charge in [-0.15, -0.1) is 0 Å². The highest BCUT2D eigenvalue weighted by Crippen LogP contribution is 2.33. The summed E-state index contributed by atoms with van der Waals surface area (Å²) in [5.74, 6) is -0.0375. The van der Waals surface area contributed by atoms with Crippen molar-refractivity contribution in [3.8, 4) is 5.75 Å². The van der Waals surface area contributed by atoms with Crippen LogP contribution in [0.4, 0.5) is 17.1 Å². The molecule has 0 bridgehead atoms. The molecule has 0 spiro atoms. The number of nitrogens with zero attached hydrogens (tertiary/aromatic N) is 2. The maximum absolute atomic E-state index is 12.2. The molecule has 0 aliphatic heterocycles. The molecule has 1 heterocycles. The number of pyridine rings is 1. The largest absolute Gasteiger partial charge is 0.618 e. The van der Waals surface area contributed by atoms with Crippen LogP contribution < -0.4 is 14.8 Å². The predicted octanol–water partition coefficient (Wildman–Crippen LogP) is 3.46. The summed E-state index contributed by atoms with van der Waals surface area (Å²) in [7, 11) is 0. The van der Waals surface area contributed by atoms with Gasteiger partial charge in [-0.25, -0.2) is 4.79 Å². The summed E-state index contributed by atoms with van der Waals surface area (Å²) < 4.78 is 11.0. The van der Waals surface area contributed by atoms with Crippen molar-refractivity contribution < 1.29 is 23.9 Å². The van der Waals surface area contributed by atoms with Gasteiger partial charge < -0.3 is 20.0 Å². The lowest BCUT2D eigenvalue weighted by Gasteiger charge is -2.14. The molecule has 1 unspecified atom stereocenters. The van der Waals surface area contributed by atoms with Gasteiger partial charge in [0.1, 0.15) is 11.1 Å². The Hall–Kier alpha value is -3.88. The molecule has 9 nitrogen and oxygen atoms in total. The summed E-state index contributed by atoms with van der Waals surface area (Å²) >= 11 is 0. The minimum Gasteiger partial charge on any atom is -0.618 e. The number of nitrogens with one attached hydrogen (secondary N) is 1. The minimum absolute atomic E-state index is 0.0669. The van der Waals surface area contributed by atoms with Gasteiger partial charge in [0.05, 0.1) is 11.5 Å². The van der Waals surface area contributed by atoms with Crippen molar-refractivity contribution >= 4 is 33.9 Å². The fourth-order valence-electron chi connectivity index (χ4n) is 2.83. The third-order valence-electron chi connectivity index (χ3n) is 4.15. The van der Waals surface area contributed by atoms with E-state index in [2.05, 4.69) is 5.32 Å². The molecule has 1 aromatic heterocycles. The zero-order chi connectivity index (χ0) is 21.0. The van der Waals surface area contributed by atoms with Crippen LogP contribution in [0, 0.1) is 15.3 Å². The zero-order valence-electron chi connectivity index (χ0n) is 15.8. The Labute approximate surface area is 166 Å². The fourth-order valence-corrected chi connectivity index (χ4v) is 2.83. The molecule has 3 rings (SSSR count). The van der Waals surface area contributed by atoms with Gasteiger partial charge in [-0.05, 0) is 44.2 Å². The second kappa shape index (κ2) is 8.42. The quantitative estimate of drug-likeness (QED) is 0.213. The molecule has 0 amide bonds. The number of anilines is 2. The van der Waals surface area contributed by atoms with Crippen LogP contribution in [-0.2, 0) is 9.53 Å². The number of benzene rings is 2. The number of ether oxygens (including phenoxy) is 2. The van der Waals surface area contributed by atoms with Gasteiger partial charge in [-0.2, -0.15) is 4.73 Å². The van der Waals surface area contributed by atoms with E-state index in [1.165, 1.54) is 12.1 Å². The Morgan fingerprint density at radius 2 is 1.90 bits per heavy atom. The fraction of sp³-hybridized carbons (Fsp3) is 0.200. The number of rotatable bonds is 7. The lowest BCUT2D eigenvalue weighted by atomic mass is 10.1. The smallest absolute Gasteiger partial charge is 0.347 e. The summed E-state index contributed by atoms with van der Waals surface area (Å²) in [4.78, 5) is 22.7. The van der Waals surface area contributed by atoms with Gasteiger partial charge in [0, 0.05) is 11.8 Å². The van der Waals surface area contributed by atoms with Crippen molar-refractivity contribution in [2.75, 3.05) is 11.9 Å². The molecule has 0 saturated carbocycles. The molecule has 150 valence electrons. The van der Waals surface area contributed by atoms with Crippen molar-refractivity contribution in [2.24, 2.45) is 0 Å². The van der Waals surface area contributed by atoms with Gasteiger partial charge in [-0.3, -0.25) is 10.1 Å². The number of hydrogen-bond donors (Lipinski definition) is 1. The molecule has 2 aromatic carbocycles. The van der Waals surface area contributed by atoms with Gasteiger partial charge >= 0.3 is 11.7 Å². The van der Waals surface area contributed by atoms with Crippen molar-refractivity contribution in [1.29, 1.82) is 0 Å². The van der Waals surface area contributed by atoms with Crippen LogP contribution in [0.25, 0.3) is 10.9 Å². The predicted molar refractivity (Wildman–Crippen MR) is 106 cm³/mol. The number of nitro groups is 1. The van der Waals surface area contributed by atoms with E-state index in [0.717, 1.165) is 6.20 Å². The van der Waals surface area contributed by atoms with E-state index in [4.69, 9.17) is 9.47 Å². The van der Waals surface area contributed by atoms with E-state index >= 15 is 0 Å². The summed E-state index contributed by atoms with van der Waals surface area (Å²) in [5.41, 5.74) is 0.599. The van der Waals surface area contributed by atoms with Crippen LogP contribution in [0.2, 0.25) is 0 Å². The number of para-hydroxylation sites is 1. The number of fused-ring (bicyclic) bond motifs is 1. The van der Waals surface area contributed by atoms with Crippen LogP contribution in [0.1, 0.15) is 13.8 Å². The van der Waals surface area contributed by atoms with Crippen LogP contribution in [0.3, 0.4) is 0 Å². The monoisotopic (exact) mass is 397 g/mol. The SMILES string of the molecule is CCOC(=O)C(C)Oc1ccc(Nc2c[n+]([O-])c3ccccc3c2[N+](=O)[O-])cc1. The summed E-state index contributed by atoms with van der Waals surface area (Å²) in [6.07, 6.45) is 0.364. The van der Waals surface area contributed by atoms with Crippen LogP contribution in [0.15, 0.2) is 54.7 Å². The van der Waals surface area contributed by atoms with E-state index in [9.17, 15) is 20.1 Å². The summed E-state index contributed by atoms with van der Waals surface area (Å²) in [6.45, 7) is 3.55. The third-order valence-corrected chi connectivity index (χ3v) is 4.15. The number of esters is 1. The van der Waals surface area contributed by atoms with Crippen LogP contribution in [-0.4, -0.2) is 23.6 Å². The van der Waals surface area contributed by atoms with E-state index in [1.54, 1.807) is 50.2 Å². The summed E-state index contributed by atoms with van der Waals surface area (Å²) in [6, 6.07) is 12.8. The number of aromatic nitrogens is 1. The van der Waals surface area contributed by atoms with Crippen molar-refractivity contribution in [2.45, 2.75) is 20.0 Å². The van der Waals surface area contributed by atoms with Gasteiger partial charge in [0.25, 0.3) is 0 Å². The normalized spacial score (nSPS) is 11.7. The molecule has 0 aliphatic carbocycles. The Kier molecular flexibility index (Phi) is 5.77. The molecular formula is C20H19N3O6. The first-order chi connectivity index (χ1) is 13.9. The maximum Gasteiger partial charge on any atom is 0.347 e. The first-order valence-electron chi connectivity index (χ1n) is 8.90. The van der Waals surface area contributed by atoms with Crippen molar-refractivity contribution in [3.05, 3.63) is 70.0 Å². The average molecular weight is 397 g/mol. The van der Waals surface area contributed by atoms with E-state index in [-0.39, 0.29) is 28.9 Å². The number of hydrogen-bond acceptors (Lipinski definition) is 7. The number of carbonyl (C=O) groups excluding carboxylic acids is 1. The van der Waals surface area contributed by atoms with Crippen molar-refractivity contribution in [3.63, 3.8) is 0 Å². The topological polar surface area (TPSA) is 118 Å². The third kappa shape index (κ3) is 4.34. The highest BCUT2D eigenvalue weighted by Gasteiger charge is 2.24. The summed E-state index contributed by atoms with van der Waals surface area (Å²) in [5, 5.41) is 27.0. The zero-order valence-corrected chi connectivity index (χ0v) is 15.8. The second-order valence-electron chi connectivity index (χ2n) is 6.15. The molecule has 3 aromatic rings. The minimum atomic E-state index is -0.769. The first-order valence-corrected chi connectivity index (χ1v) is 8.90. The second-order valence-corrected chi connectivity index (χ2v) is 6.15. The highest BCUT2D eigenvalue weighted by molar-refractivity contribution is 5.92. The Balaban J connectivity index is 1.85. The Morgan fingerprint density at radius 3 is 2.55 bits per heavy atom. The lowest BCUT2D eigenvalue weighted by molar-refractivity contribution is -0.576. The van der Waals surface area contributed by atoms with Gasteiger partial charge in [0.15, 0.2) is 11.8 Å². The van der Waals surface area contributed by atoms with Crippen LogP contribution >= 0.6 is 0 Å². The first kappa shape index (κ1) is 19.9. The molecule has 0 aliphatic rings. The van der Waals surface area contributed by atoms with Gasteiger partial charge in [-0.1, -0.05) is 12.1 Å². The van der Waals surface area contributed by atoms with Crippen molar-refractivity contribution in [1.82, 2.24) is 0 Å².